The van der Waals surface area contributed by atoms with Crippen LogP contribution in [-0.2, 0) is 19.2 Å². The van der Waals surface area contributed by atoms with Crippen LogP contribution in [0.1, 0.15) is 52.9 Å². The summed E-state index contributed by atoms with van der Waals surface area (Å²) in [5.41, 5.74) is 11.4. The first-order valence-electron chi connectivity index (χ1n) is 11.2. The average molecular weight is 492 g/mol. The van der Waals surface area contributed by atoms with Crippen LogP contribution in [0, 0.1) is 5.92 Å². The zero-order chi connectivity index (χ0) is 25.6. The van der Waals surface area contributed by atoms with Crippen molar-refractivity contribution in [2.45, 2.75) is 83.1 Å². The van der Waals surface area contributed by atoms with E-state index in [2.05, 4.69) is 16.0 Å². The number of hydrogen-bond donors (Lipinski definition) is 7. The Morgan fingerprint density at radius 1 is 0.909 bits per heavy atom. The molecule has 0 radical (unpaired) electrons. The van der Waals surface area contributed by atoms with Gasteiger partial charge in [-0.3, -0.25) is 14.4 Å². The second-order valence-corrected chi connectivity index (χ2v) is 9.48. The number of aliphatic carboxylic acids is 1. The van der Waals surface area contributed by atoms with Crippen LogP contribution in [0.2, 0.25) is 0 Å². The number of nitrogens with two attached hydrogens (primary N) is 2. The number of aliphatic hydroxyl groups is 1. The quantitative estimate of drug-likeness (QED) is 0.127. The van der Waals surface area contributed by atoms with E-state index in [0.29, 0.717) is 38.0 Å². The number of nitrogens with one attached hydrogen (secondary N) is 3. The molecule has 0 aromatic rings. The lowest BCUT2D eigenvalue weighted by Gasteiger charge is -2.26. The summed E-state index contributed by atoms with van der Waals surface area (Å²) in [6.45, 7) is 5.38. The summed E-state index contributed by atoms with van der Waals surface area (Å²) in [6.07, 6.45) is 2.82. The number of carbonyl (C=O) groups excluding carboxylic acids is 3. The molecule has 0 saturated carbocycles. The zero-order valence-electron chi connectivity index (χ0n) is 20.0. The maximum Gasteiger partial charge on any atom is 0.328 e. The number of carbonyl (C=O) groups is 4. The van der Waals surface area contributed by atoms with Crippen molar-refractivity contribution in [3.8, 4) is 0 Å². The predicted octanol–water partition coefficient (Wildman–Crippen LogP) is -0.838. The molecule has 0 aromatic heterocycles. The Morgan fingerprint density at radius 3 is 1.97 bits per heavy atom. The molecular weight excluding hydrogens is 450 g/mol. The topological polar surface area (TPSA) is 197 Å². The van der Waals surface area contributed by atoms with Crippen LogP contribution >= 0.6 is 11.8 Å². The molecule has 0 spiro atoms. The van der Waals surface area contributed by atoms with Crippen molar-refractivity contribution < 1.29 is 29.4 Å². The molecule has 5 unspecified atom stereocenters. The fraction of sp³-hybridized carbons (Fsp3) is 0.810. The third kappa shape index (κ3) is 12.8. The smallest absolute Gasteiger partial charge is 0.328 e. The van der Waals surface area contributed by atoms with Crippen LogP contribution in [0.3, 0.4) is 0 Å². The first-order chi connectivity index (χ1) is 15.4. The Hall–Kier alpha value is -1.89. The van der Waals surface area contributed by atoms with Gasteiger partial charge in [-0.2, -0.15) is 11.8 Å². The maximum atomic E-state index is 13.0. The Bertz CT molecular complexity index is 634. The second kappa shape index (κ2) is 16.7. The van der Waals surface area contributed by atoms with Crippen LogP contribution in [0.25, 0.3) is 0 Å². The van der Waals surface area contributed by atoms with Crippen molar-refractivity contribution in [1.29, 1.82) is 0 Å². The molecule has 0 aliphatic heterocycles. The van der Waals surface area contributed by atoms with E-state index in [9.17, 15) is 29.4 Å². The molecule has 0 rings (SSSR count). The van der Waals surface area contributed by atoms with E-state index in [1.807, 2.05) is 20.1 Å². The maximum absolute atomic E-state index is 13.0. The number of carboxylic acid groups (broad SMARTS) is 1. The van der Waals surface area contributed by atoms with Gasteiger partial charge in [0.05, 0.1) is 12.1 Å². The minimum atomic E-state index is -1.52. The van der Waals surface area contributed by atoms with Gasteiger partial charge in [0.25, 0.3) is 0 Å². The summed E-state index contributed by atoms with van der Waals surface area (Å²) in [4.78, 5) is 49.5. The molecule has 0 bridgehead atoms. The second-order valence-electron chi connectivity index (χ2n) is 8.49. The van der Waals surface area contributed by atoms with Gasteiger partial charge in [-0.15, -0.1) is 0 Å². The monoisotopic (exact) mass is 491 g/mol. The Morgan fingerprint density at radius 2 is 1.48 bits per heavy atom. The molecule has 0 aliphatic carbocycles. The highest BCUT2D eigenvalue weighted by molar-refractivity contribution is 7.98. The van der Waals surface area contributed by atoms with Crippen molar-refractivity contribution >= 4 is 35.5 Å². The molecule has 9 N–H and O–H groups in total. The summed E-state index contributed by atoms with van der Waals surface area (Å²) >= 11 is 1.56. The summed E-state index contributed by atoms with van der Waals surface area (Å²) in [5, 5.41) is 26.4. The molecule has 11 nitrogen and oxygen atoms in total. The highest BCUT2D eigenvalue weighted by Crippen LogP contribution is 2.09. The summed E-state index contributed by atoms with van der Waals surface area (Å²) in [5.74, 6) is -2.44. The van der Waals surface area contributed by atoms with Gasteiger partial charge in [0, 0.05) is 0 Å². The number of unbranched alkanes of at least 4 members (excludes halogenated alkanes) is 1. The highest BCUT2D eigenvalue weighted by Gasteiger charge is 2.32. The van der Waals surface area contributed by atoms with Crippen LogP contribution in [-0.4, -0.2) is 82.7 Å². The normalized spacial score (nSPS) is 15.8. The lowest BCUT2D eigenvalue weighted by atomic mass is 10.0. The lowest BCUT2D eigenvalue weighted by Crippen LogP contribution is -2.58. The molecule has 33 heavy (non-hydrogen) atoms. The molecule has 3 amide bonds. The molecule has 0 aromatic carbocycles. The fourth-order valence-corrected chi connectivity index (χ4v) is 3.52. The first-order valence-corrected chi connectivity index (χ1v) is 12.6. The van der Waals surface area contributed by atoms with Gasteiger partial charge in [-0.25, -0.2) is 4.79 Å². The standard InChI is InChI=1S/C21H41N5O6S/c1-12(2)11-16(20(30)26-17(13(3)27)21(31)32)25-19(29)15(7-5-6-9-22)24-18(28)14(23)8-10-33-4/h12-17,27H,5-11,22-23H2,1-4H3,(H,24,28)(H,25,29)(H,26,30)(H,31,32). The molecular formula is C21H41N5O6S. The average Bonchev–Trinajstić information content (AvgIpc) is 2.73. The Balaban J connectivity index is 5.45. The van der Waals surface area contributed by atoms with Crippen molar-refractivity contribution in [1.82, 2.24) is 16.0 Å². The van der Waals surface area contributed by atoms with Crippen LogP contribution < -0.4 is 27.4 Å². The minimum Gasteiger partial charge on any atom is -0.480 e. The fourth-order valence-electron chi connectivity index (χ4n) is 3.03. The lowest BCUT2D eigenvalue weighted by molar-refractivity contribution is -0.145. The molecule has 5 atom stereocenters. The number of amides is 3. The Labute approximate surface area is 200 Å². The van der Waals surface area contributed by atoms with Gasteiger partial charge in [-0.1, -0.05) is 13.8 Å². The molecule has 0 heterocycles. The third-order valence-electron chi connectivity index (χ3n) is 4.94. The Kier molecular flexibility index (Phi) is 15.7. The van der Waals surface area contributed by atoms with Crippen molar-refractivity contribution in [2.75, 3.05) is 18.6 Å². The van der Waals surface area contributed by atoms with Crippen molar-refractivity contribution in [2.24, 2.45) is 17.4 Å². The first kappa shape index (κ1) is 31.1. The van der Waals surface area contributed by atoms with E-state index in [1.165, 1.54) is 6.92 Å². The van der Waals surface area contributed by atoms with Crippen LogP contribution in [0.4, 0.5) is 0 Å². The largest absolute Gasteiger partial charge is 0.480 e. The van der Waals surface area contributed by atoms with E-state index in [0.717, 1.165) is 0 Å². The zero-order valence-corrected chi connectivity index (χ0v) is 20.8. The third-order valence-corrected chi connectivity index (χ3v) is 5.58. The number of carboxylic acids is 1. The van der Waals surface area contributed by atoms with E-state index in [-0.39, 0.29) is 12.3 Å². The SMILES string of the molecule is CSCCC(N)C(=O)NC(CCCCN)C(=O)NC(CC(C)C)C(=O)NC(C(=O)O)C(C)O. The van der Waals surface area contributed by atoms with Gasteiger partial charge in [0.1, 0.15) is 12.1 Å². The summed E-state index contributed by atoms with van der Waals surface area (Å²) in [7, 11) is 0. The van der Waals surface area contributed by atoms with Gasteiger partial charge in [-0.05, 0) is 63.5 Å². The number of hydrogen-bond acceptors (Lipinski definition) is 8. The van der Waals surface area contributed by atoms with E-state index in [1.54, 1.807) is 11.8 Å². The van der Waals surface area contributed by atoms with E-state index < -0.39 is 54.0 Å². The van der Waals surface area contributed by atoms with E-state index >= 15 is 0 Å². The molecule has 0 aliphatic rings. The molecule has 192 valence electrons. The molecule has 0 saturated heterocycles. The number of aliphatic hydroxyl groups excluding tert-OH is 1. The number of thioether (sulfide) groups is 1. The van der Waals surface area contributed by atoms with E-state index in [4.69, 9.17) is 11.5 Å². The van der Waals surface area contributed by atoms with Crippen molar-refractivity contribution in [3.05, 3.63) is 0 Å². The van der Waals surface area contributed by atoms with Crippen LogP contribution in [0.15, 0.2) is 0 Å². The van der Waals surface area contributed by atoms with Crippen molar-refractivity contribution in [3.63, 3.8) is 0 Å². The highest BCUT2D eigenvalue weighted by atomic mass is 32.2. The summed E-state index contributed by atoms with van der Waals surface area (Å²) in [6, 6.07) is -4.24. The van der Waals surface area contributed by atoms with Gasteiger partial charge < -0.3 is 37.6 Å². The predicted molar refractivity (Wildman–Crippen MR) is 128 cm³/mol. The molecule has 0 fully saturated rings. The summed E-state index contributed by atoms with van der Waals surface area (Å²) < 4.78 is 0. The number of rotatable bonds is 17. The van der Waals surface area contributed by atoms with Gasteiger partial charge >= 0.3 is 5.97 Å². The van der Waals surface area contributed by atoms with Gasteiger partial charge in [0.2, 0.25) is 17.7 Å². The van der Waals surface area contributed by atoms with Crippen LogP contribution in [0.5, 0.6) is 0 Å². The minimum absolute atomic E-state index is 0.00104. The molecule has 12 heteroatoms. The van der Waals surface area contributed by atoms with Gasteiger partial charge in [0.15, 0.2) is 6.04 Å².